The van der Waals surface area contributed by atoms with E-state index in [2.05, 4.69) is 15.1 Å². The lowest BCUT2D eigenvalue weighted by atomic mass is 10.2. The maximum Gasteiger partial charge on any atom is 0.262 e. The molecule has 0 bridgehead atoms. The largest absolute Gasteiger partial charge is 0.497 e. The van der Waals surface area contributed by atoms with Crippen molar-refractivity contribution in [1.82, 2.24) is 24.7 Å². The monoisotopic (exact) mass is 485 g/mol. The van der Waals surface area contributed by atoms with E-state index in [-0.39, 0.29) is 5.56 Å². The Bertz CT molecular complexity index is 1480. The summed E-state index contributed by atoms with van der Waals surface area (Å²) in [6.07, 6.45) is 4.84. The molecule has 35 heavy (non-hydrogen) atoms. The van der Waals surface area contributed by atoms with Crippen molar-refractivity contribution in [2.45, 2.75) is 24.5 Å². The Labute approximate surface area is 206 Å². The lowest BCUT2D eigenvalue weighted by molar-refractivity contribution is 0.378. The fourth-order valence-electron chi connectivity index (χ4n) is 3.67. The second-order valence-electron chi connectivity index (χ2n) is 7.85. The van der Waals surface area contributed by atoms with Crippen LogP contribution in [0.4, 0.5) is 0 Å². The highest BCUT2D eigenvalue weighted by atomic mass is 32.2. The molecule has 176 valence electrons. The standard InChI is InChI=1S/C26H23N5O3S/c1-33-20-10-8-18(9-11-20)17-31-25(32)21-5-2-3-6-22(21)28-26(31)35-16-4-7-23-29-24(30-34-23)19-12-14-27-15-13-19/h2-3,5-6,8-15H,4,7,16-17H2,1H3. The van der Waals surface area contributed by atoms with Crippen molar-refractivity contribution in [1.29, 1.82) is 0 Å². The molecule has 8 nitrogen and oxygen atoms in total. The van der Waals surface area contributed by atoms with Crippen molar-refractivity contribution in [3.05, 3.63) is 94.9 Å². The summed E-state index contributed by atoms with van der Waals surface area (Å²) >= 11 is 1.55. The Kier molecular flexibility index (Phi) is 6.85. The average Bonchev–Trinajstić information content (AvgIpc) is 3.38. The zero-order chi connectivity index (χ0) is 24.0. The molecular weight excluding hydrogens is 462 g/mol. The van der Waals surface area contributed by atoms with Gasteiger partial charge in [-0.3, -0.25) is 14.3 Å². The summed E-state index contributed by atoms with van der Waals surface area (Å²) in [5.41, 5.74) is 2.52. The van der Waals surface area contributed by atoms with E-state index in [0.717, 1.165) is 29.1 Å². The number of aromatic nitrogens is 5. The first-order chi connectivity index (χ1) is 17.2. The van der Waals surface area contributed by atoms with Crippen molar-refractivity contribution < 1.29 is 9.26 Å². The van der Waals surface area contributed by atoms with Gasteiger partial charge in [0.15, 0.2) is 5.16 Å². The van der Waals surface area contributed by atoms with E-state index in [0.29, 0.717) is 40.7 Å². The first-order valence-electron chi connectivity index (χ1n) is 11.2. The third kappa shape index (κ3) is 5.25. The predicted molar refractivity (Wildman–Crippen MR) is 135 cm³/mol. The van der Waals surface area contributed by atoms with Crippen LogP contribution in [-0.4, -0.2) is 37.5 Å². The zero-order valence-corrected chi connectivity index (χ0v) is 19.9. The highest BCUT2D eigenvalue weighted by molar-refractivity contribution is 7.99. The van der Waals surface area contributed by atoms with Gasteiger partial charge in [-0.15, -0.1) is 0 Å². The summed E-state index contributed by atoms with van der Waals surface area (Å²) in [6, 6.07) is 18.9. The minimum atomic E-state index is -0.0483. The van der Waals surface area contributed by atoms with Crippen LogP contribution in [0.2, 0.25) is 0 Å². The Balaban J connectivity index is 1.31. The van der Waals surface area contributed by atoms with Gasteiger partial charge in [0.1, 0.15) is 5.75 Å². The number of hydrogen-bond donors (Lipinski definition) is 0. The van der Waals surface area contributed by atoms with Crippen molar-refractivity contribution in [3.63, 3.8) is 0 Å². The molecule has 9 heteroatoms. The number of ether oxygens (including phenoxy) is 1. The van der Waals surface area contributed by atoms with Gasteiger partial charge in [0.25, 0.3) is 5.56 Å². The van der Waals surface area contributed by atoms with Gasteiger partial charge in [-0.1, -0.05) is 41.2 Å². The summed E-state index contributed by atoms with van der Waals surface area (Å²) in [6.45, 7) is 0.432. The number of para-hydroxylation sites is 1. The van der Waals surface area contributed by atoms with Crippen LogP contribution < -0.4 is 10.3 Å². The Morgan fingerprint density at radius 3 is 2.60 bits per heavy atom. The van der Waals surface area contributed by atoms with E-state index in [1.807, 2.05) is 60.7 Å². The zero-order valence-electron chi connectivity index (χ0n) is 19.1. The van der Waals surface area contributed by atoms with Crippen LogP contribution in [-0.2, 0) is 13.0 Å². The number of fused-ring (bicyclic) bond motifs is 1. The lowest BCUT2D eigenvalue weighted by Crippen LogP contribution is -2.24. The molecule has 0 spiro atoms. The van der Waals surface area contributed by atoms with Gasteiger partial charge in [-0.05, 0) is 48.4 Å². The first kappa shape index (κ1) is 22.8. The van der Waals surface area contributed by atoms with Crippen LogP contribution in [0.3, 0.4) is 0 Å². The van der Waals surface area contributed by atoms with Gasteiger partial charge in [0.2, 0.25) is 11.7 Å². The van der Waals surface area contributed by atoms with Crippen LogP contribution in [0.15, 0.2) is 87.5 Å². The molecule has 5 rings (SSSR count). The predicted octanol–water partition coefficient (Wildman–Crippen LogP) is 4.62. The molecule has 5 aromatic rings. The van der Waals surface area contributed by atoms with E-state index in [9.17, 15) is 4.79 Å². The molecule has 0 N–H and O–H groups in total. The van der Waals surface area contributed by atoms with Crippen molar-refractivity contribution in [2.75, 3.05) is 12.9 Å². The molecule has 0 unspecified atom stereocenters. The van der Waals surface area contributed by atoms with Crippen molar-refractivity contribution >= 4 is 22.7 Å². The van der Waals surface area contributed by atoms with Gasteiger partial charge in [-0.2, -0.15) is 4.98 Å². The number of benzene rings is 2. The molecule has 0 radical (unpaired) electrons. The van der Waals surface area contributed by atoms with E-state index in [1.165, 1.54) is 0 Å². The molecule has 0 fully saturated rings. The SMILES string of the molecule is COc1ccc(Cn2c(SCCCc3nc(-c4ccncc4)no3)nc3ccccc3c2=O)cc1. The van der Waals surface area contributed by atoms with Gasteiger partial charge in [0, 0.05) is 30.1 Å². The van der Waals surface area contributed by atoms with Crippen LogP contribution >= 0.6 is 11.8 Å². The van der Waals surface area contributed by atoms with Gasteiger partial charge < -0.3 is 9.26 Å². The minimum Gasteiger partial charge on any atom is -0.497 e. The van der Waals surface area contributed by atoms with Crippen LogP contribution in [0.25, 0.3) is 22.3 Å². The normalized spacial score (nSPS) is 11.1. The smallest absolute Gasteiger partial charge is 0.262 e. The van der Waals surface area contributed by atoms with Gasteiger partial charge in [0.05, 0.1) is 24.6 Å². The highest BCUT2D eigenvalue weighted by Gasteiger charge is 2.13. The van der Waals surface area contributed by atoms with E-state index in [4.69, 9.17) is 14.2 Å². The second kappa shape index (κ2) is 10.5. The third-order valence-corrected chi connectivity index (χ3v) is 6.56. The number of thioether (sulfide) groups is 1. The number of aryl methyl sites for hydroxylation is 1. The lowest BCUT2D eigenvalue weighted by Gasteiger charge is -2.13. The van der Waals surface area contributed by atoms with E-state index >= 15 is 0 Å². The van der Waals surface area contributed by atoms with E-state index in [1.54, 1.807) is 35.8 Å². The van der Waals surface area contributed by atoms with Gasteiger partial charge >= 0.3 is 0 Å². The maximum atomic E-state index is 13.3. The molecule has 0 saturated heterocycles. The van der Waals surface area contributed by atoms with Crippen LogP contribution in [0.1, 0.15) is 17.9 Å². The number of pyridine rings is 1. The molecule has 0 aliphatic heterocycles. The summed E-state index contributed by atoms with van der Waals surface area (Å²) in [4.78, 5) is 26.6. The maximum absolute atomic E-state index is 13.3. The average molecular weight is 486 g/mol. The molecular formula is C26H23N5O3S. The van der Waals surface area contributed by atoms with Gasteiger partial charge in [-0.25, -0.2) is 4.98 Å². The second-order valence-corrected chi connectivity index (χ2v) is 8.91. The molecule has 2 aromatic carbocycles. The molecule has 0 saturated carbocycles. The molecule has 0 atom stereocenters. The quantitative estimate of drug-likeness (QED) is 0.169. The van der Waals surface area contributed by atoms with Crippen molar-refractivity contribution in [3.8, 4) is 17.1 Å². The fourth-order valence-corrected chi connectivity index (χ4v) is 4.61. The number of nitrogens with zero attached hydrogens (tertiary/aromatic N) is 5. The molecule has 0 aliphatic rings. The summed E-state index contributed by atoms with van der Waals surface area (Å²) < 4.78 is 12.4. The minimum absolute atomic E-state index is 0.0483. The Morgan fingerprint density at radius 2 is 1.80 bits per heavy atom. The number of methoxy groups -OCH3 is 1. The Morgan fingerprint density at radius 1 is 1.00 bits per heavy atom. The number of rotatable bonds is 9. The molecule has 3 heterocycles. The topological polar surface area (TPSA) is 95.9 Å². The number of hydrogen-bond acceptors (Lipinski definition) is 8. The summed E-state index contributed by atoms with van der Waals surface area (Å²) in [5, 5.41) is 5.35. The first-order valence-corrected chi connectivity index (χ1v) is 12.2. The van der Waals surface area contributed by atoms with Crippen LogP contribution in [0.5, 0.6) is 5.75 Å². The fraction of sp³-hybridized carbons (Fsp3) is 0.192. The highest BCUT2D eigenvalue weighted by Crippen LogP contribution is 2.22. The third-order valence-electron chi connectivity index (χ3n) is 5.50. The molecule has 0 aliphatic carbocycles. The summed E-state index contributed by atoms with van der Waals surface area (Å²) in [5.74, 6) is 2.67. The Hall–Kier alpha value is -3.98. The van der Waals surface area contributed by atoms with Crippen LogP contribution in [0, 0.1) is 0 Å². The molecule has 3 aromatic heterocycles. The summed E-state index contributed by atoms with van der Waals surface area (Å²) in [7, 11) is 1.63. The van der Waals surface area contributed by atoms with Crippen molar-refractivity contribution in [2.24, 2.45) is 0 Å². The van der Waals surface area contributed by atoms with E-state index < -0.39 is 0 Å². The molecule has 0 amide bonds.